The number of benzene rings is 3. The molecule has 7 heteroatoms. The van der Waals surface area contributed by atoms with Crippen molar-refractivity contribution in [3.05, 3.63) is 100 Å². The lowest BCUT2D eigenvalue weighted by Crippen LogP contribution is -2.32. The van der Waals surface area contributed by atoms with Crippen LogP contribution in [0.15, 0.2) is 72.3 Å². The van der Waals surface area contributed by atoms with Crippen LogP contribution in [-0.4, -0.2) is 48.1 Å². The molecule has 0 radical (unpaired) electrons. The van der Waals surface area contributed by atoms with Gasteiger partial charge in [-0.05, 0) is 80.3 Å². The summed E-state index contributed by atoms with van der Waals surface area (Å²) in [5, 5.41) is 11.4. The molecular weight excluding hydrogens is 494 g/mol. The van der Waals surface area contributed by atoms with Gasteiger partial charge in [-0.2, -0.15) is 0 Å². The minimum Gasteiger partial charge on any atom is -0.507 e. The predicted octanol–water partition coefficient (Wildman–Crippen LogP) is 5.74. The molecule has 1 heterocycles. The molecule has 0 spiro atoms. The molecule has 1 saturated heterocycles. The molecule has 0 aromatic heterocycles. The number of Topliss-reactive ketones (excluding diaryl/α,β-unsaturated/α-hetero) is 1. The largest absolute Gasteiger partial charge is 0.507 e. The third-order valence-electron chi connectivity index (χ3n) is 6.74. The minimum absolute atomic E-state index is 0.00192. The van der Waals surface area contributed by atoms with Gasteiger partial charge in [0.25, 0.3) is 11.7 Å². The summed E-state index contributed by atoms with van der Waals surface area (Å²) in [7, 11) is 1.54. The highest BCUT2D eigenvalue weighted by atomic mass is 16.5. The zero-order valence-electron chi connectivity index (χ0n) is 23.1. The molecule has 1 fully saturated rings. The predicted molar refractivity (Wildman–Crippen MR) is 150 cm³/mol. The van der Waals surface area contributed by atoms with Crippen LogP contribution in [0.5, 0.6) is 11.5 Å². The van der Waals surface area contributed by atoms with E-state index in [1.165, 1.54) is 12.0 Å². The highest BCUT2D eigenvalue weighted by Crippen LogP contribution is 2.40. The maximum absolute atomic E-state index is 13.2. The van der Waals surface area contributed by atoms with Crippen LogP contribution in [-0.2, 0) is 20.9 Å². The second kappa shape index (κ2) is 12.2. The van der Waals surface area contributed by atoms with Crippen LogP contribution in [0.25, 0.3) is 5.76 Å². The Morgan fingerprint density at radius 1 is 0.974 bits per heavy atom. The molecule has 0 aliphatic carbocycles. The van der Waals surface area contributed by atoms with Crippen molar-refractivity contribution in [3.8, 4) is 11.5 Å². The maximum Gasteiger partial charge on any atom is 0.295 e. The third-order valence-corrected chi connectivity index (χ3v) is 6.74. The fraction of sp³-hybridized carbons (Fsp3) is 0.312. The first-order chi connectivity index (χ1) is 18.7. The quantitative estimate of drug-likeness (QED) is 0.205. The Balaban J connectivity index is 1.68. The molecule has 4 rings (SSSR count). The maximum atomic E-state index is 13.2. The number of aryl methyl sites for hydroxylation is 2. The zero-order valence-corrected chi connectivity index (χ0v) is 23.1. The average molecular weight is 530 g/mol. The number of hydrogen-bond donors (Lipinski definition) is 1. The monoisotopic (exact) mass is 529 g/mol. The molecule has 1 N–H and O–H groups in total. The van der Waals surface area contributed by atoms with Crippen LogP contribution in [0.2, 0.25) is 0 Å². The fourth-order valence-corrected chi connectivity index (χ4v) is 4.66. The number of ketones is 1. The van der Waals surface area contributed by atoms with Crippen LogP contribution in [0.4, 0.5) is 0 Å². The summed E-state index contributed by atoms with van der Waals surface area (Å²) in [5.41, 5.74) is 4.22. The summed E-state index contributed by atoms with van der Waals surface area (Å²) in [4.78, 5) is 27.8. The lowest BCUT2D eigenvalue weighted by molar-refractivity contribution is -0.140. The molecule has 1 atom stereocenters. The summed E-state index contributed by atoms with van der Waals surface area (Å²) in [6.45, 7) is 8.67. The van der Waals surface area contributed by atoms with E-state index < -0.39 is 17.7 Å². The van der Waals surface area contributed by atoms with E-state index in [2.05, 4.69) is 0 Å². The van der Waals surface area contributed by atoms with E-state index >= 15 is 0 Å². The molecular formula is C32H35NO6. The first-order valence-corrected chi connectivity index (χ1v) is 13.0. The average Bonchev–Trinajstić information content (AvgIpc) is 3.17. The second-order valence-corrected chi connectivity index (χ2v) is 9.92. The van der Waals surface area contributed by atoms with E-state index in [0.717, 1.165) is 16.7 Å². The number of nitrogens with zero attached hydrogens (tertiary/aromatic N) is 1. The van der Waals surface area contributed by atoms with Crippen LogP contribution < -0.4 is 9.47 Å². The van der Waals surface area contributed by atoms with Gasteiger partial charge in [-0.25, -0.2) is 0 Å². The molecule has 7 nitrogen and oxygen atoms in total. The Kier molecular flexibility index (Phi) is 8.72. The van der Waals surface area contributed by atoms with Crippen LogP contribution in [0, 0.1) is 13.8 Å². The van der Waals surface area contributed by atoms with Gasteiger partial charge in [-0.1, -0.05) is 36.4 Å². The Hall–Kier alpha value is -4.10. The van der Waals surface area contributed by atoms with Crippen molar-refractivity contribution in [2.75, 3.05) is 20.3 Å². The summed E-state index contributed by atoms with van der Waals surface area (Å²) in [6.07, 6.45) is -0.00192. The second-order valence-electron chi connectivity index (χ2n) is 9.92. The third kappa shape index (κ3) is 6.15. The number of carbonyl (C=O) groups is 2. The number of carbonyl (C=O) groups excluding carboxylic acids is 2. The molecule has 0 bridgehead atoms. The van der Waals surface area contributed by atoms with E-state index in [0.29, 0.717) is 29.2 Å². The van der Waals surface area contributed by atoms with Crippen molar-refractivity contribution in [1.29, 1.82) is 0 Å². The molecule has 1 aliphatic rings. The number of rotatable bonds is 10. The van der Waals surface area contributed by atoms with Crippen molar-refractivity contribution in [2.45, 2.75) is 46.4 Å². The normalized spacial score (nSPS) is 16.7. The lowest BCUT2D eigenvalue weighted by Gasteiger charge is -2.25. The molecule has 1 aliphatic heterocycles. The Morgan fingerprint density at radius 2 is 1.69 bits per heavy atom. The van der Waals surface area contributed by atoms with E-state index in [-0.39, 0.29) is 30.6 Å². The van der Waals surface area contributed by atoms with E-state index in [1.54, 1.807) is 18.2 Å². The number of aliphatic hydroxyl groups excluding tert-OH is 1. The minimum atomic E-state index is -0.766. The number of ether oxygens (including phenoxy) is 3. The lowest BCUT2D eigenvalue weighted by atomic mass is 9.94. The van der Waals surface area contributed by atoms with Crippen molar-refractivity contribution < 1.29 is 28.9 Å². The van der Waals surface area contributed by atoms with Crippen LogP contribution >= 0.6 is 0 Å². The smallest absolute Gasteiger partial charge is 0.295 e. The van der Waals surface area contributed by atoms with E-state index in [4.69, 9.17) is 14.2 Å². The van der Waals surface area contributed by atoms with Crippen molar-refractivity contribution >= 4 is 17.4 Å². The number of aliphatic hydroxyl groups is 1. The Labute approximate surface area is 229 Å². The molecule has 0 saturated carbocycles. The first-order valence-electron chi connectivity index (χ1n) is 13.0. The van der Waals surface area contributed by atoms with Crippen LogP contribution in [0.3, 0.4) is 0 Å². The van der Waals surface area contributed by atoms with Gasteiger partial charge < -0.3 is 24.2 Å². The van der Waals surface area contributed by atoms with Crippen molar-refractivity contribution in [3.63, 3.8) is 0 Å². The number of likely N-dealkylation sites (tertiary alicyclic amines) is 1. The van der Waals surface area contributed by atoms with Crippen molar-refractivity contribution in [1.82, 2.24) is 4.90 Å². The summed E-state index contributed by atoms with van der Waals surface area (Å²) in [5.74, 6) is -0.270. The summed E-state index contributed by atoms with van der Waals surface area (Å²) < 4.78 is 17.0. The molecule has 204 valence electrons. The molecule has 3 aromatic carbocycles. The highest BCUT2D eigenvalue weighted by Gasteiger charge is 2.45. The zero-order chi connectivity index (χ0) is 28.1. The Bertz CT molecular complexity index is 1380. The van der Waals surface area contributed by atoms with Crippen molar-refractivity contribution in [2.24, 2.45) is 0 Å². The van der Waals surface area contributed by atoms with Gasteiger partial charge in [0.1, 0.15) is 23.9 Å². The summed E-state index contributed by atoms with van der Waals surface area (Å²) >= 11 is 0. The van der Waals surface area contributed by atoms with Gasteiger partial charge in [-0.3, -0.25) is 9.59 Å². The van der Waals surface area contributed by atoms with Gasteiger partial charge in [0.05, 0.1) is 24.3 Å². The molecule has 1 unspecified atom stereocenters. The van der Waals surface area contributed by atoms with E-state index in [9.17, 15) is 14.7 Å². The van der Waals surface area contributed by atoms with Gasteiger partial charge in [0, 0.05) is 19.2 Å². The SMILES string of the molecule is COCCN1C(=O)C(=O)/C(=C(\O)c2ccc(OC(C)C)c(C)c2)C1c1ccc(OCc2ccccc2C)cc1. The molecule has 3 aromatic rings. The standard InChI is InChI=1S/C32H35NO6/c1-20(2)39-27-15-12-24(18-22(27)4)30(34)28-29(33(16-17-37-5)32(36)31(28)35)23-10-13-26(14-11-23)38-19-25-9-7-6-8-21(25)3/h6-15,18,20,29,34H,16-17,19H2,1-5H3/b30-28-. The number of amides is 1. The van der Waals surface area contributed by atoms with Gasteiger partial charge in [0.2, 0.25) is 0 Å². The highest BCUT2D eigenvalue weighted by molar-refractivity contribution is 6.46. The van der Waals surface area contributed by atoms with Gasteiger partial charge in [-0.15, -0.1) is 0 Å². The van der Waals surface area contributed by atoms with Gasteiger partial charge in [0.15, 0.2) is 0 Å². The fourth-order valence-electron chi connectivity index (χ4n) is 4.66. The topological polar surface area (TPSA) is 85.3 Å². The summed E-state index contributed by atoms with van der Waals surface area (Å²) in [6, 6.07) is 19.7. The number of methoxy groups -OCH3 is 1. The number of hydrogen-bond acceptors (Lipinski definition) is 6. The van der Waals surface area contributed by atoms with Crippen LogP contribution in [0.1, 0.15) is 47.7 Å². The molecule has 39 heavy (non-hydrogen) atoms. The molecule has 1 amide bonds. The first kappa shape index (κ1) is 27.9. The Morgan fingerprint density at radius 3 is 2.33 bits per heavy atom. The van der Waals surface area contributed by atoms with Gasteiger partial charge >= 0.3 is 0 Å². The van der Waals surface area contributed by atoms with E-state index in [1.807, 2.05) is 76.2 Å².